The van der Waals surface area contributed by atoms with Gasteiger partial charge in [0, 0.05) is 32.1 Å². The van der Waals surface area contributed by atoms with Crippen molar-refractivity contribution in [3.05, 3.63) is 43.0 Å². The van der Waals surface area contributed by atoms with Crippen LogP contribution in [0.1, 0.15) is 61.8 Å². The van der Waals surface area contributed by atoms with Crippen molar-refractivity contribution >= 4 is 43.8 Å². The van der Waals surface area contributed by atoms with Crippen molar-refractivity contribution in [2.75, 3.05) is 26.4 Å². The van der Waals surface area contributed by atoms with Gasteiger partial charge in [0.05, 0.1) is 11.2 Å². The highest BCUT2D eigenvalue weighted by atomic mass is 32.2. The molecule has 2 unspecified atom stereocenters. The van der Waals surface area contributed by atoms with Crippen LogP contribution in [-0.4, -0.2) is 99.9 Å². The SMILES string of the molecule is C=CC1C[C@]1(NC(=O)[C@@H]1[C@@H]2[C@H](CN1C(=O)C(NC(=O)N[C@H](CN(C)S(C)(=O)=O)C(C)(C)C)C(C)(C)C)C2(C)C)C(=O)NS(=O)(=O)c1ccccc1. The average molecular weight is 751 g/mol. The molecule has 3 fully saturated rings. The minimum absolute atomic E-state index is 0.00434. The highest BCUT2D eigenvalue weighted by Crippen LogP contribution is 2.65. The summed E-state index contributed by atoms with van der Waals surface area (Å²) in [7, 11) is -6.34. The Labute approximate surface area is 302 Å². The maximum absolute atomic E-state index is 14.4. The van der Waals surface area contributed by atoms with Crippen LogP contribution in [-0.2, 0) is 34.4 Å². The van der Waals surface area contributed by atoms with Crippen molar-refractivity contribution in [1.82, 2.24) is 29.9 Å². The summed E-state index contributed by atoms with van der Waals surface area (Å²) < 4.78 is 53.6. The largest absolute Gasteiger partial charge is 0.339 e. The van der Waals surface area contributed by atoms with Gasteiger partial charge in [-0.2, -0.15) is 0 Å². The zero-order chi connectivity index (χ0) is 38.7. The third-order valence-corrected chi connectivity index (χ3v) is 13.5. The number of amides is 5. The van der Waals surface area contributed by atoms with Crippen molar-refractivity contribution < 1.29 is 36.0 Å². The number of carbonyl (C=O) groups excluding carboxylic acids is 4. The summed E-state index contributed by atoms with van der Waals surface area (Å²) in [5.41, 5.74) is -3.21. The molecule has 14 nitrogen and oxygen atoms in total. The number of fused-ring (bicyclic) bond motifs is 1. The maximum atomic E-state index is 14.4. The van der Waals surface area contributed by atoms with Crippen LogP contribution in [0.3, 0.4) is 0 Å². The molecule has 2 aliphatic carbocycles. The number of likely N-dealkylation sites (tertiary alicyclic amines) is 1. The van der Waals surface area contributed by atoms with Gasteiger partial charge in [-0.15, -0.1) is 6.58 Å². The minimum Gasteiger partial charge on any atom is -0.339 e. The minimum atomic E-state index is -4.23. The highest BCUT2D eigenvalue weighted by molar-refractivity contribution is 7.90. The first-order valence-corrected chi connectivity index (χ1v) is 20.4. The summed E-state index contributed by atoms with van der Waals surface area (Å²) >= 11 is 0. The number of sulfonamides is 2. The second-order valence-corrected chi connectivity index (χ2v) is 20.8. The predicted octanol–water partition coefficient (Wildman–Crippen LogP) is 2.06. The van der Waals surface area contributed by atoms with Crippen LogP contribution in [0, 0.1) is 34.0 Å². The monoisotopic (exact) mass is 750 g/mol. The number of piperidine rings is 1. The lowest BCUT2D eigenvalue weighted by Gasteiger charge is -2.39. The quantitative estimate of drug-likeness (QED) is 0.234. The molecule has 0 aromatic heterocycles. The van der Waals surface area contributed by atoms with E-state index >= 15 is 0 Å². The first-order valence-electron chi connectivity index (χ1n) is 17.0. The zero-order valence-electron chi connectivity index (χ0n) is 31.2. The van der Waals surface area contributed by atoms with Gasteiger partial charge in [-0.25, -0.2) is 30.7 Å². The Hall–Kier alpha value is -3.50. The van der Waals surface area contributed by atoms with Crippen molar-refractivity contribution in [2.24, 2.45) is 34.0 Å². The van der Waals surface area contributed by atoms with E-state index in [0.717, 1.165) is 10.6 Å². The number of rotatable bonds is 12. The summed E-state index contributed by atoms with van der Waals surface area (Å²) in [4.78, 5) is 57.1. The predicted molar refractivity (Wildman–Crippen MR) is 193 cm³/mol. The molecule has 1 saturated heterocycles. The molecule has 7 atom stereocenters. The van der Waals surface area contributed by atoms with Gasteiger partial charge in [0.15, 0.2) is 0 Å². The normalized spacial score (nSPS) is 26.7. The molecule has 0 bridgehead atoms. The van der Waals surface area contributed by atoms with E-state index in [2.05, 4.69) is 27.3 Å². The molecule has 1 aliphatic heterocycles. The number of benzene rings is 1. The Balaban J connectivity index is 1.57. The Morgan fingerprint density at radius 2 is 1.59 bits per heavy atom. The average Bonchev–Trinajstić information content (AvgIpc) is 3.76. The Kier molecular flexibility index (Phi) is 10.6. The van der Waals surface area contributed by atoms with Crippen molar-refractivity contribution in [2.45, 2.75) is 90.4 Å². The zero-order valence-corrected chi connectivity index (χ0v) is 32.9. The van der Waals surface area contributed by atoms with E-state index in [1.54, 1.807) is 26.8 Å². The van der Waals surface area contributed by atoms with Gasteiger partial charge in [-0.1, -0.05) is 79.7 Å². The third-order valence-electron chi connectivity index (χ3n) is 10.8. The van der Waals surface area contributed by atoms with Crippen LogP contribution in [0.25, 0.3) is 0 Å². The molecule has 1 aromatic rings. The lowest BCUT2D eigenvalue weighted by molar-refractivity contribution is -0.144. The fourth-order valence-corrected chi connectivity index (χ4v) is 8.57. The van der Waals surface area contributed by atoms with Gasteiger partial charge in [0.1, 0.15) is 17.6 Å². The summed E-state index contributed by atoms with van der Waals surface area (Å²) in [5.74, 6) is -2.75. The number of carbonyl (C=O) groups is 4. The number of urea groups is 1. The fraction of sp³-hybridized carbons (Fsp3) is 0.657. The van der Waals surface area contributed by atoms with Crippen LogP contribution in [0.4, 0.5) is 4.79 Å². The molecule has 16 heteroatoms. The van der Waals surface area contributed by atoms with Crippen LogP contribution in [0.15, 0.2) is 47.9 Å². The molecule has 4 rings (SSSR count). The Morgan fingerprint density at radius 3 is 2.08 bits per heavy atom. The van der Waals surface area contributed by atoms with Crippen LogP contribution in [0.5, 0.6) is 0 Å². The first kappa shape index (κ1) is 40.3. The van der Waals surface area contributed by atoms with E-state index in [4.69, 9.17) is 0 Å². The Bertz CT molecular complexity index is 1790. The molecular weight excluding hydrogens is 697 g/mol. The van der Waals surface area contributed by atoms with E-state index in [0.29, 0.717) is 0 Å². The molecular formula is C35H54N6O8S2. The lowest BCUT2D eigenvalue weighted by Crippen LogP contribution is -2.63. The van der Waals surface area contributed by atoms with Gasteiger partial charge >= 0.3 is 6.03 Å². The number of likely N-dealkylation sites (N-methyl/N-ethyl adjacent to an activating group) is 1. The smallest absolute Gasteiger partial charge is 0.315 e. The van der Waals surface area contributed by atoms with Crippen molar-refractivity contribution in [3.63, 3.8) is 0 Å². The topological polar surface area (TPSA) is 191 Å². The molecule has 51 heavy (non-hydrogen) atoms. The van der Waals surface area contributed by atoms with Gasteiger partial charge in [0.2, 0.25) is 21.8 Å². The number of nitrogens with zero attached hydrogens (tertiary/aromatic N) is 2. The second kappa shape index (κ2) is 13.5. The van der Waals surface area contributed by atoms with E-state index in [1.165, 1.54) is 42.3 Å². The summed E-state index contributed by atoms with van der Waals surface area (Å²) in [6.07, 6.45) is 2.71. The number of hydrogen-bond acceptors (Lipinski definition) is 8. The first-order chi connectivity index (χ1) is 23.2. The van der Waals surface area contributed by atoms with Gasteiger partial charge in [0.25, 0.3) is 15.9 Å². The van der Waals surface area contributed by atoms with Gasteiger partial charge in [-0.05, 0) is 46.6 Å². The van der Waals surface area contributed by atoms with E-state index in [-0.39, 0.29) is 41.7 Å². The standard InChI is InChI=1S/C35H54N6O8S2/c1-12-21-18-35(21,30(44)39-51(48,49)22-16-14-13-15-17-22)38-28(42)26-25-23(34(25,8)9)19-41(26)29(43)27(33(5,6)7)37-31(45)36-24(32(2,3)4)20-40(10)50(11,46)47/h12-17,21,23-27H,1,18-20H2,2-11H3,(H,38,42)(H,39,44)(H2,36,37,45)/t21?,23-,24+,25-,26-,27?,35+/m0/s1. The van der Waals surface area contributed by atoms with E-state index < -0.39 is 84.2 Å². The molecule has 5 amide bonds. The van der Waals surface area contributed by atoms with E-state index in [9.17, 15) is 36.0 Å². The number of hydrogen-bond donors (Lipinski definition) is 4. The molecule has 1 heterocycles. The molecule has 2 saturated carbocycles. The molecule has 4 N–H and O–H groups in total. The number of nitrogens with one attached hydrogen (secondary N) is 4. The molecule has 1 aromatic carbocycles. The summed E-state index contributed by atoms with van der Waals surface area (Å²) in [6.45, 7) is 19.0. The van der Waals surface area contributed by atoms with E-state index in [1.807, 2.05) is 34.6 Å². The molecule has 3 aliphatic rings. The maximum Gasteiger partial charge on any atom is 0.315 e. The van der Waals surface area contributed by atoms with Crippen LogP contribution < -0.4 is 20.7 Å². The van der Waals surface area contributed by atoms with Crippen LogP contribution in [0.2, 0.25) is 0 Å². The van der Waals surface area contributed by atoms with Gasteiger partial charge in [-0.3, -0.25) is 14.4 Å². The molecule has 284 valence electrons. The lowest BCUT2D eigenvalue weighted by atomic mass is 9.85. The van der Waals surface area contributed by atoms with Crippen molar-refractivity contribution in [1.29, 1.82) is 0 Å². The second-order valence-electron chi connectivity index (χ2n) is 17.0. The highest BCUT2D eigenvalue weighted by Gasteiger charge is 2.71. The fourth-order valence-electron chi connectivity index (χ4n) is 7.09. The summed E-state index contributed by atoms with van der Waals surface area (Å²) in [6, 6.07) is 4.06. The third kappa shape index (κ3) is 8.27. The summed E-state index contributed by atoms with van der Waals surface area (Å²) in [5, 5.41) is 8.49. The molecule has 0 spiro atoms. The van der Waals surface area contributed by atoms with Gasteiger partial charge < -0.3 is 20.9 Å². The van der Waals surface area contributed by atoms with Crippen molar-refractivity contribution in [3.8, 4) is 0 Å². The van der Waals surface area contributed by atoms with Crippen LogP contribution >= 0.6 is 0 Å². The Morgan fingerprint density at radius 1 is 1.00 bits per heavy atom. The molecule has 0 radical (unpaired) electrons.